The lowest BCUT2D eigenvalue weighted by atomic mass is 10.2. The number of nitrogens with one attached hydrogen (secondary N) is 1. The molecule has 2 rings (SSSR count). The smallest absolute Gasteiger partial charge is 0.337 e. The minimum atomic E-state index is -1.06. The maximum Gasteiger partial charge on any atom is 0.337 e. The van der Waals surface area contributed by atoms with Crippen molar-refractivity contribution in [2.75, 3.05) is 24.3 Å². The highest BCUT2D eigenvalue weighted by Crippen LogP contribution is 2.13. The molecule has 0 radical (unpaired) electrons. The first-order valence-electron chi connectivity index (χ1n) is 6.25. The fourth-order valence-electron chi connectivity index (χ4n) is 1.69. The summed E-state index contributed by atoms with van der Waals surface area (Å²) in [6.45, 7) is 0. The van der Waals surface area contributed by atoms with Gasteiger partial charge >= 0.3 is 5.97 Å². The summed E-state index contributed by atoms with van der Waals surface area (Å²) >= 11 is 0. The number of rotatable bonds is 4. The van der Waals surface area contributed by atoms with Crippen LogP contribution in [-0.4, -0.2) is 36.1 Å². The quantitative estimate of drug-likeness (QED) is 0.899. The van der Waals surface area contributed by atoms with E-state index in [1.165, 1.54) is 18.3 Å². The number of carbonyl (C=O) groups excluding carboxylic acids is 1. The van der Waals surface area contributed by atoms with E-state index in [2.05, 4.69) is 10.3 Å². The highest BCUT2D eigenvalue weighted by atomic mass is 16.4. The second-order valence-electron chi connectivity index (χ2n) is 4.63. The van der Waals surface area contributed by atoms with E-state index in [4.69, 9.17) is 5.11 Å². The fourth-order valence-corrected chi connectivity index (χ4v) is 1.69. The van der Waals surface area contributed by atoms with Gasteiger partial charge in [0.05, 0.1) is 5.56 Å². The van der Waals surface area contributed by atoms with Gasteiger partial charge < -0.3 is 15.3 Å². The number of benzene rings is 1. The van der Waals surface area contributed by atoms with Crippen LogP contribution in [0.2, 0.25) is 0 Å². The molecule has 1 heterocycles. The number of carboxylic acid groups (broad SMARTS) is 1. The van der Waals surface area contributed by atoms with Crippen LogP contribution in [0.1, 0.15) is 20.7 Å². The van der Waals surface area contributed by atoms with Gasteiger partial charge in [0.1, 0.15) is 5.82 Å². The van der Waals surface area contributed by atoms with Crippen LogP contribution < -0.4 is 10.2 Å². The molecule has 0 unspecified atom stereocenters. The second-order valence-corrected chi connectivity index (χ2v) is 4.63. The third-order valence-electron chi connectivity index (χ3n) is 2.90. The van der Waals surface area contributed by atoms with E-state index in [9.17, 15) is 9.59 Å². The lowest BCUT2D eigenvalue weighted by molar-refractivity contribution is 0.0696. The second kappa shape index (κ2) is 6.04. The molecule has 1 aromatic heterocycles. The number of hydrogen-bond acceptors (Lipinski definition) is 4. The van der Waals surface area contributed by atoms with E-state index in [1.807, 2.05) is 31.1 Å². The summed E-state index contributed by atoms with van der Waals surface area (Å²) in [5.41, 5.74) is 1.57. The van der Waals surface area contributed by atoms with Crippen molar-refractivity contribution in [1.29, 1.82) is 0 Å². The highest BCUT2D eigenvalue weighted by molar-refractivity contribution is 6.04. The number of carbonyl (C=O) groups is 2. The molecule has 2 N–H and O–H groups in total. The van der Waals surface area contributed by atoms with Crippen molar-refractivity contribution < 1.29 is 14.7 Å². The number of carboxylic acids is 1. The first kappa shape index (κ1) is 14.5. The van der Waals surface area contributed by atoms with Crippen molar-refractivity contribution in [3.8, 4) is 0 Å². The number of hydrogen-bond donors (Lipinski definition) is 2. The molecular weight excluding hydrogens is 270 g/mol. The zero-order valence-corrected chi connectivity index (χ0v) is 11.7. The molecule has 0 spiro atoms. The molecule has 6 heteroatoms. The van der Waals surface area contributed by atoms with Gasteiger partial charge in [0.2, 0.25) is 0 Å². The summed E-state index contributed by atoms with van der Waals surface area (Å²) in [4.78, 5) is 28.6. The van der Waals surface area contributed by atoms with Gasteiger partial charge in [-0.05, 0) is 36.4 Å². The molecule has 0 atom stereocenters. The Bertz CT molecular complexity index is 649. The molecule has 0 aliphatic rings. The van der Waals surface area contributed by atoms with Crippen LogP contribution in [0, 0.1) is 0 Å². The van der Waals surface area contributed by atoms with Crippen LogP contribution in [0.15, 0.2) is 42.6 Å². The zero-order chi connectivity index (χ0) is 15.4. The predicted octanol–water partition coefficient (Wildman–Crippen LogP) is 2.10. The molecule has 1 amide bonds. The summed E-state index contributed by atoms with van der Waals surface area (Å²) in [5, 5.41) is 11.4. The average molecular weight is 285 g/mol. The maximum atomic E-state index is 12.0. The minimum Gasteiger partial charge on any atom is -0.478 e. The van der Waals surface area contributed by atoms with E-state index in [0.29, 0.717) is 11.4 Å². The molecule has 1 aromatic carbocycles. The van der Waals surface area contributed by atoms with Crippen molar-refractivity contribution in [2.45, 2.75) is 0 Å². The lowest BCUT2D eigenvalue weighted by Crippen LogP contribution is -2.14. The third-order valence-corrected chi connectivity index (χ3v) is 2.90. The Morgan fingerprint density at radius 3 is 2.14 bits per heavy atom. The molecule has 0 saturated carbocycles. The maximum absolute atomic E-state index is 12.0. The van der Waals surface area contributed by atoms with E-state index < -0.39 is 5.97 Å². The third kappa shape index (κ3) is 3.56. The number of nitrogens with zero attached hydrogens (tertiary/aromatic N) is 2. The summed E-state index contributed by atoms with van der Waals surface area (Å²) in [7, 11) is 3.84. The number of amides is 1. The van der Waals surface area contributed by atoms with Crippen LogP contribution >= 0.6 is 0 Å². The van der Waals surface area contributed by atoms with Gasteiger partial charge in [-0.3, -0.25) is 4.79 Å². The summed E-state index contributed by atoms with van der Waals surface area (Å²) in [6.07, 6.45) is 1.20. The number of pyridine rings is 1. The first-order chi connectivity index (χ1) is 9.97. The Balaban J connectivity index is 2.08. The Morgan fingerprint density at radius 2 is 1.67 bits per heavy atom. The van der Waals surface area contributed by atoms with Gasteiger partial charge in [-0.2, -0.15) is 0 Å². The van der Waals surface area contributed by atoms with Crippen LogP contribution in [0.4, 0.5) is 11.5 Å². The zero-order valence-electron chi connectivity index (χ0n) is 11.7. The monoisotopic (exact) mass is 285 g/mol. The lowest BCUT2D eigenvalue weighted by Gasteiger charge is -2.12. The van der Waals surface area contributed by atoms with Crippen molar-refractivity contribution in [1.82, 2.24) is 4.98 Å². The number of aromatic carboxylic acids is 1. The van der Waals surface area contributed by atoms with E-state index in [0.717, 1.165) is 5.69 Å². The summed E-state index contributed by atoms with van der Waals surface area (Å²) in [5.74, 6) is -1.04. The molecule has 0 aliphatic heterocycles. The minimum absolute atomic E-state index is 0.0725. The summed E-state index contributed by atoms with van der Waals surface area (Å²) in [6, 6.07) is 9.97. The average Bonchev–Trinajstić information content (AvgIpc) is 2.47. The van der Waals surface area contributed by atoms with Gasteiger partial charge in [-0.15, -0.1) is 0 Å². The molecule has 21 heavy (non-hydrogen) atoms. The van der Waals surface area contributed by atoms with Crippen molar-refractivity contribution in [3.63, 3.8) is 0 Å². The van der Waals surface area contributed by atoms with E-state index in [-0.39, 0.29) is 11.5 Å². The van der Waals surface area contributed by atoms with Crippen molar-refractivity contribution >= 4 is 23.4 Å². The largest absolute Gasteiger partial charge is 0.478 e. The topological polar surface area (TPSA) is 82.5 Å². The molecular formula is C15H15N3O3. The van der Waals surface area contributed by atoms with E-state index in [1.54, 1.807) is 12.1 Å². The standard InChI is InChI=1S/C15H15N3O3/c1-18(2)12-6-3-10(4-7-12)14(19)17-13-8-5-11(9-16-13)15(20)21/h3-9H,1-2H3,(H,20,21)(H,16,17,19). The molecule has 0 saturated heterocycles. The summed E-state index contributed by atoms with van der Waals surface area (Å²) < 4.78 is 0. The molecule has 2 aromatic rings. The van der Waals surface area contributed by atoms with Gasteiger partial charge in [0, 0.05) is 31.5 Å². The van der Waals surface area contributed by atoms with Crippen molar-refractivity contribution in [2.24, 2.45) is 0 Å². The van der Waals surface area contributed by atoms with Crippen LogP contribution in [-0.2, 0) is 0 Å². The van der Waals surface area contributed by atoms with Crippen LogP contribution in [0.5, 0.6) is 0 Å². The fraction of sp³-hybridized carbons (Fsp3) is 0.133. The van der Waals surface area contributed by atoms with Crippen molar-refractivity contribution in [3.05, 3.63) is 53.7 Å². The normalized spacial score (nSPS) is 10.0. The molecule has 6 nitrogen and oxygen atoms in total. The highest BCUT2D eigenvalue weighted by Gasteiger charge is 2.08. The van der Waals surface area contributed by atoms with Crippen LogP contribution in [0.3, 0.4) is 0 Å². The molecule has 108 valence electrons. The Labute approximate surface area is 122 Å². The SMILES string of the molecule is CN(C)c1ccc(C(=O)Nc2ccc(C(=O)O)cn2)cc1. The van der Waals surface area contributed by atoms with Gasteiger partial charge in [0.25, 0.3) is 5.91 Å². The number of aromatic nitrogens is 1. The Kier molecular flexibility index (Phi) is 4.18. The molecule has 0 bridgehead atoms. The van der Waals surface area contributed by atoms with Gasteiger partial charge in [-0.1, -0.05) is 0 Å². The van der Waals surface area contributed by atoms with Gasteiger partial charge in [-0.25, -0.2) is 9.78 Å². The molecule has 0 aliphatic carbocycles. The van der Waals surface area contributed by atoms with E-state index >= 15 is 0 Å². The van der Waals surface area contributed by atoms with Gasteiger partial charge in [0.15, 0.2) is 0 Å². The first-order valence-corrected chi connectivity index (χ1v) is 6.25. The number of anilines is 2. The predicted molar refractivity (Wildman–Crippen MR) is 79.9 cm³/mol. The molecule has 0 fully saturated rings. The van der Waals surface area contributed by atoms with Crippen LogP contribution in [0.25, 0.3) is 0 Å². The Hall–Kier alpha value is -2.89. The Morgan fingerprint density at radius 1 is 1.05 bits per heavy atom.